The van der Waals surface area contributed by atoms with Crippen molar-refractivity contribution in [3.63, 3.8) is 0 Å². The van der Waals surface area contributed by atoms with Gasteiger partial charge >= 0.3 is 6.09 Å². The largest absolute Gasteiger partial charge is 0.450 e. The molecule has 1 aliphatic heterocycles. The maximum absolute atomic E-state index is 11.7. The van der Waals surface area contributed by atoms with Crippen molar-refractivity contribution in [3.8, 4) is 0 Å². The molecule has 3 atom stereocenters. The van der Waals surface area contributed by atoms with Gasteiger partial charge in [0.2, 0.25) is 0 Å². The van der Waals surface area contributed by atoms with Crippen LogP contribution in [0.3, 0.4) is 0 Å². The summed E-state index contributed by atoms with van der Waals surface area (Å²) in [7, 11) is 0. The Morgan fingerprint density at radius 2 is 2.05 bits per heavy atom. The Hall–Kier alpha value is -1.55. The molecule has 1 heterocycles. The van der Waals surface area contributed by atoms with E-state index in [2.05, 4.69) is 12.1 Å². The van der Waals surface area contributed by atoms with Crippen LogP contribution < -0.4 is 0 Å². The maximum Gasteiger partial charge on any atom is 0.410 e. The van der Waals surface area contributed by atoms with Gasteiger partial charge in [0, 0.05) is 0 Å². The van der Waals surface area contributed by atoms with E-state index in [-0.39, 0.29) is 12.2 Å². The number of hydrogen-bond acceptors (Lipinski definition) is 3. The SMILES string of the molecule is CCOC(=O)N1[C@@H]2C[C@@H](OCc3ccccc3)CC[C@@H]21. The van der Waals surface area contributed by atoms with Crippen molar-refractivity contribution in [3.05, 3.63) is 35.9 Å². The van der Waals surface area contributed by atoms with Crippen LogP contribution in [-0.4, -0.2) is 35.8 Å². The molecule has 2 aliphatic rings. The third-order valence-electron chi connectivity index (χ3n) is 4.16. The predicted octanol–water partition coefficient (Wildman–Crippen LogP) is 2.97. The molecule has 108 valence electrons. The second kappa shape index (κ2) is 5.83. The van der Waals surface area contributed by atoms with Gasteiger partial charge < -0.3 is 9.47 Å². The summed E-state index contributed by atoms with van der Waals surface area (Å²) in [6, 6.07) is 10.9. The monoisotopic (exact) mass is 275 g/mol. The average Bonchev–Trinajstić information content (AvgIpc) is 3.20. The number of likely N-dealkylation sites (tertiary alicyclic amines) is 1. The summed E-state index contributed by atoms with van der Waals surface area (Å²) < 4.78 is 11.0. The Kier molecular flexibility index (Phi) is 3.92. The van der Waals surface area contributed by atoms with Crippen molar-refractivity contribution in [2.75, 3.05) is 6.61 Å². The topological polar surface area (TPSA) is 38.5 Å². The number of amides is 1. The smallest absolute Gasteiger partial charge is 0.410 e. The van der Waals surface area contributed by atoms with E-state index >= 15 is 0 Å². The Labute approximate surface area is 119 Å². The summed E-state index contributed by atoms with van der Waals surface area (Å²) in [5.41, 5.74) is 1.20. The van der Waals surface area contributed by atoms with Crippen LogP contribution in [-0.2, 0) is 16.1 Å². The molecule has 1 saturated carbocycles. The lowest BCUT2D eigenvalue weighted by Gasteiger charge is -2.20. The number of carbonyl (C=O) groups is 1. The molecular formula is C16H21NO3. The molecule has 1 amide bonds. The maximum atomic E-state index is 11.7. The predicted molar refractivity (Wildman–Crippen MR) is 75.3 cm³/mol. The lowest BCUT2D eigenvalue weighted by Crippen LogP contribution is -2.21. The molecule has 1 aliphatic carbocycles. The zero-order valence-electron chi connectivity index (χ0n) is 11.8. The van der Waals surface area contributed by atoms with Gasteiger partial charge in [0.15, 0.2) is 0 Å². The van der Waals surface area contributed by atoms with E-state index in [0.717, 1.165) is 19.3 Å². The molecule has 0 aromatic heterocycles. The summed E-state index contributed by atoms with van der Waals surface area (Å²) in [4.78, 5) is 13.6. The van der Waals surface area contributed by atoms with Crippen LogP contribution in [0.2, 0.25) is 0 Å². The van der Waals surface area contributed by atoms with E-state index in [0.29, 0.717) is 25.3 Å². The van der Waals surface area contributed by atoms with E-state index < -0.39 is 0 Å². The summed E-state index contributed by atoms with van der Waals surface area (Å²) in [6.45, 7) is 2.95. The standard InChI is InChI=1S/C16H21NO3/c1-2-19-16(18)17-14-9-8-13(10-15(14)17)20-11-12-6-4-3-5-7-12/h3-7,13-15H,2,8-11H2,1H3/t13-,14-,15+,17?/m0/s1. The molecule has 4 nitrogen and oxygen atoms in total. The molecule has 1 aromatic carbocycles. The highest BCUT2D eigenvalue weighted by Gasteiger charge is 2.54. The molecule has 0 N–H and O–H groups in total. The van der Waals surface area contributed by atoms with Gasteiger partial charge in [0.1, 0.15) is 0 Å². The quantitative estimate of drug-likeness (QED) is 0.793. The third kappa shape index (κ3) is 2.80. The second-order valence-corrected chi connectivity index (χ2v) is 5.47. The number of carbonyl (C=O) groups excluding carboxylic acids is 1. The summed E-state index contributed by atoms with van der Waals surface area (Å²) in [5, 5.41) is 0. The zero-order valence-corrected chi connectivity index (χ0v) is 11.8. The number of rotatable bonds is 4. The molecule has 2 fully saturated rings. The van der Waals surface area contributed by atoms with Crippen LogP contribution in [0, 0.1) is 0 Å². The first-order valence-electron chi connectivity index (χ1n) is 7.40. The Balaban J connectivity index is 1.47. The van der Waals surface area contributed by atoms with Gasteiger partial charge in [-0.25, -0.2) is 4.79 Å². The normalized spacial score (nSPS) is 27.9. The summed E-state index contributed by atoms with van der Waals surface area (Å²) >= 11 is 0. The van der Waals surface area contributed by atoms with Gasteiger partial charge in [-0.15, -0.1) is 0 Å². The van der Waals surface area contributed by atoms with Gasteiger partial charge in [0.05, 0.1) is 31.4 Å². The Morgan fingerprint density at radius 1 is 1.25 bits per heavy atom. The van der Waals surface area contributed by atoms with E-state index in [1.807, 2.05) is 30.0 Å². The number of hydrogen-bond donors (Lipinski definition) is 0. The van der Waals surface area contributed by atoms with Crippen molar-refractivity contribution in [2.45, 2.75) is 51.0 Å². The third-order valence-corrected chi connectivity index (χ3v) is 4.16. The van der Waals surface area contributed by atoms with Gasteiger partial charge in [0.25, 0.3) is 0 Å². The molecular weight excluding hydrogens is 254 g/mol. The van der Waals surface area contributed by atoms with Crippen molar-refractivity contribution in [1.82, 2.24) is 4.90 Å². The van der Waals surface area contributed by atoms with Crippen molar-refractivity contribution < 1.29 is 14.3 Å². The van der Waals surface area contributed by atoms with Gasteiger partial charge in [-0.2, -0.15) is 0 Å². The Bertz CT molecular complexity index is 462. The molecule has 0 bridgehead atoms. The fraction of sp³-hybridized carbons (Fsp3) is 0.562. The van der Waals surface area contributed by atoms with Gasteiger partial charge in [-0.1, -0.05) is 30.3 Å². The average molecular weight is 275 g/mol. The highest BCUT2D eigenvalue weighted by molar-refractivity contribution is 5.72. The van der Waals surface area contributed by atoms with Crippen LogP contribution in [0.5, 0.6) is 0 Å². The summed E-state index contributed by atoms with van der Waals surface area (Å²) in [6.07, 6.45) is 3.10. The van der Waals surface area contributed by atoms with E-state index in [9.17, 15) is 4.79 Å². The second-order valence-electron chi connectivity index (χ2n) is 5.47. The lowest BCUT2D eigenvalue weighted by molar-refractivity contribution is 0.0218. The fourth-order valence-corrected chi connectivity index (χ4v) is 3.09. The highest BCUT2D eigenvalue weighted by atomic mass is 16.6. The van der Waals surface area contributed by atoms with Crippen LogP contribution >= 0.6 is 0 Å². The van der Waals surface area contributed by atoms with Crippen molar-refractivity contribution >= 4 is 6.09 Å². The zero-order chi connectivity index (χ0) is 13.9. The first-order valence-corrected chi connectivity index (χ1v) is 7.40. The van der Waals surface area contributed by atoms with E-state index in [4.69, 9.17) is 9.47 Å². The van der Waals surface area contributed by atoms with Crippen molar-refractivity contribution in [2.24, 2.45) is 0 Å². The fourth-order valence-electron chi connectivity index (χ4n) is 3.09. The van der Waals surface area contributed by atoms with Crippen LogP contribution in [0.4, 0.5) is 4.79 Å². The number of benzene rings is 1. The minimum atomic E-state index is -0.161. The number of nitrogens with zero attached hydrogens (tertiary/aromatic N) is 1. The van der Waals surface area contributed by atoms with Crippen molar-refractivity contribution in [1.29, 1.82) is 0 Å². The number of fused-ring (bicyclic) bond motifs is 1. The summed E-state index contributed by atoms with van der Waals surface area (Å²) in [5.74, 6) is 0. The van der Waals surface area contributed by atoms with Gasteiger partial charge in [-0.05, 0) is 31.7 Å². The molecule has 3 rings (SSSR count). The first-order chi connectivity index (χ1) is 9.79. The minimum Gasteiger partial charge on any atom is -0.450 e. The molecule has 20 heavy (non-hydrogen) atoms. The van der Waals surface area contributed by atoms with Crippen LogP contribution in [0.1, 0.15) is 31.7 Å². The lowest BCUT2D eigenvalue weighted by atomic mass is 9.98. The van der Waals surface area contributed by atoms with Crippen LogP contribution in [0.25, 0.3) is 0 Å². The molecule has 0 radical (unpaired) electrons. The molecule has 1 saturated heterocycles. The van der Waals surface area contributed by atoms with E-state index in [1.165, 1.54) is 5.56 Å². The van der Waals surface area contributed by atoms with Gasteiger partial charge in [-0.3, -0.25) is 4.90 Å². The van der Waals surface area contributed by atoms with E-state index in [1.54, 1.807) is 0 Å². The van der Waals surface area contributed by atoms with Crippen LogP contribution in [0.15, 0.2) is 30.3 Å². The molecule has 0 spiro atoms. The molecule has 0 unspecified atom stereocenters. The highest BCUT2D eigenvalue weighted by Crippen LogP contribution is 2.42. The first kappa shape index (κ1) is 13.4. The molecule has 1 aromatic rings. The minimum absolute atomic E-state index is 0.161. The Morgan fingerprint density at radius 3 is 2.80 bits per heavy atom. The molecule has 4 heteroatoms. The number of ether oxygens (including phenoxy) is 2.